The molecule has 5 heteroatoms. The van der Waals surface area contributed by atoms with Crippen molar-refractivity contribution in [2.75, 3.05) is 14.2 Å². The minimum atomic E-state index is -0.497. The van der Waals surface area contributed by atoms with Crippen molar-refractivity contribution >= 4 is 28.7 Å². The van der Waals surface area contributed by atoms with Crippen molar-refractivity contribution in [1.82, 2.24) is 0 Å². The van der Waals surface area contributed by atoms with Crippen LogP contribution in [-0.2, 0) is 9.53 Å². The number of nitrogens with zero attached hydrogens (tertiary/aromatic N) is 1. The van der Waals surface area contributed by atoms with Gasteiger partial charge in [0.15, 0.2) is 17.2 Å². The smallest absolute Gasteiger partial charge is 0.363 e. The van der Waals surface area contributed by atoms with Crippen molar-refractivity contribution in [2.45, 2.75) is 0 Å². The summed E-state index contributed by atoms with van der Waals surface area (Å²) >= 11 is 0. The number of para-hydroxylation sites is 1. The fraction of sp³-hybridized carbons (Fsp3) is 0.0909. The molecule has 4 rings (SSSR count). The van der Waals surface area contributed by atoms with Crippen LogP contribution >= 0.6 is 0 Å². The molecule has 0 radical (unpaired) electrons. The first-order valence-electron chi connectivity index (χ1n) is 8.42. The number of carbonyl (C=O) groups excluding carboxylic acids is 1. The molecule has 0 aliphatic carbocycles. The lowest BCUT2D eigenvalue weighted by atomic mass is 10.1. The van der Waals surface area contributed by atoms with Crippen LogP contribution in [0, 0.1) is 0 Å². The van der Waals surface area contributed by atoms with E-state index in [-0.39, 0.29) is 5.70 Å². The Morgan fingerprint density at radius 2 is 1.74 bits per heavy atom. The van der Waals surface area contributed by atoms with Crippen LogP contribution in [0.25, 0.3) is 16.8 Å². The molecule has 5 nitrogen and oxygen atoms in total. The third-order valence-corrected chi connectivity index (χ3v) is 4.34. The Labute approximate surface area is 156 Å². The van der Waals surface area contributed by atoms with E-state index >= 15 is 0 Å². The van der Waals surface area contributed by atoms with Gasteiger partial charge in [0.25, 0.3) is 0 Å². The first-order valence-corrected chi connectivity index (χ1v) is 8.42. The van der Waals surface area contributed by atoms with Gasteiger partial charge in [0.05, 0.1) is 14.2 Å². The van der Waals surface area contributed by atoms with E-state index in [0.29, 0.717) is 23.0 Å². The lowest BCUT2D eigenvalue weighted by molar-refractivity contribution is -0.129. The first-order chi connectivity index (χ1) is 13.2. The molecule has 0 amide bonds. The molecule has 1 aliphatic rings. The molecule has 0 saturated heterocycles. The highest BCUT2D eigenvalue weighted by molar-refractivity contribution is 6.13. The zero-order valence-corrected chi connectivity index (χ0v) is 14.9. The Morgan fingerprint density at radius 3 is 2.52 bits per heavy atom. The highest BCUT2D eigenvalue weighted by Gasteiger charge is 2.25. The standard InChI is InChI=1S/C22H17NO4/c1-25-19-9-5-8-16(20(19)26-2)13-18-22(24)27-21(23-18)17-11-10-14-6-3-4-7-15(14)12-17/h3-13H,1-2H3/b18-13-. The van der Waals surface area contributed by atoms with Crippen LogP contribution in [0.1, 0.15) is 11.1 Å². The molecule has 1 aliphatic heterocycles. The van der Waals surface area contributed by atoms with E-state index in [1.807, 2.05) is 54.6 Å². The summed E-state index contributed by atoms with van der Waals surface area (Å²) in [6.07, 6.45) is 1.64. The predicted octanol–water partition coefficient (Wildman–Crippen LogP) is 4.20. The Bertz CT molecular complexity index is 1100. The summed E-state index contributed by atoms with van der Waals surface area (Å²) in [7, 11) is 3.12. The molecule has 0 saturated carbocycles. The van der Waals surface area contributed by atoms with Gasteiger partial charge in [0.2, 0.25) is 5.90 Å². The molecule has 3 aromatic rings. The van der Waals surface area contributed by atoms with Crippen LogP contribution in [0.5, 0.6) is 11.5 Å². The van der Waals surface area contributed by atoms with Gasteiger partial charge in [-0.05, 0) is 35.0 Å². The highest BCUT2D eigenvalue weighted by Crippen LogP contribution is 2.33. The molecule has 0 aromatic heterocycles. The maximum Gasteiger partial charge on any atom is 0.363 e. The van der Waals surface area contributed by atoms with Crippen LogP contribution in [0.3, 0.4) is 0 Å². The maximum absolute atomic E-state index is 12.3. The van der Waals surface area contributed by atoms with Crippen LogP contribution in [0.15, 0.2) is 71.4 Å². The van der Waals surface area contributed by atoms with Gasteiger partial charge in [-0.25, -0.2) is 9.79 Å². The average Bonchev–Trinajstić information content (AvgIpc) is 3.07. The Balaban J connectivity index is 1.73. The van der Waals surface area contributed by atoms with Crippen molar-refractivity contribution in [3.05, 3.63) is 77.5 Å². The van der Waals surface area contributed by atoms with Crippen molar-refractivity contribution < 1.29 is 19.0 Å². The lowest BCUT2D eigenvalue weighted by Gasteiger charge is -2.09. The molecule has 134 valence electrons. The SMILES string of the molecule is COc1cccc(/C=C2\N=C(c3ccc4ccccc4c3)OC2=O)c1OC. The topological polar surface area (TPSA) is 57.1 Å². The maximum atomic E-state index is 12.3. The number of fused-ring (bicyclic) bond motifs is 1. The van der Waals surface area contributed by atoms with Gasteiger partial charge in [-0.1, -0.05) is 42.5 Å². The van der Waals surface area contributed by atoms with Gasteiger partial charge in [-0.2, -0.15) is 0 Å². The second-order valence-corrected chi connectivity index (χ2v) is 5.98. The second kappa shape index (κ2) is 6.96. The lowest BCUT2D eigenvalue weighted by Crippen LogP contribution is -2.05. The molecule has 0 bridgehead atoms. The van der Waals surface area contributed by atoms with Gasteiger partial charge < -0.3 is 14.2 Å². The van der Waals surface area contributed by atoms with Crippen LogP contribution < -0.4 is 9.47 Å². The van der Waals surface area contributed by atoms with Crippen LogP contribution in [-0.4, -0.2) is 26.1 Å². The van der Waals surface area contributed by atoms with Gasteiger partial charge in [0, 0.05) is 11.1 Å². The van der Waals surface area contributed by atoms with E-state index in [9.17, 15) is 4.79 Å². The molecule has 3 aromatic carbocycles. The Morgan fingerprint density at radius 1 is 0.926 bits per heavy atom. The quantitative estimate of drug-likeness (QED) is 0.517. The second-order valence-electron chi connectivity index (χ2n) is 5.98. The van der Waals surface area contributed by atoms with Crippen LogP contribution in [0.2, 0.25) is 0 Å². The van der Waals surface area contributed by atoms with E-state index in [2.05, 4.69) is 4.99 Å². The summed E-state index contributed by atoms with van der Waals surface area (Å²) < 4.78 is 16.1. The number of rotatable bonds is 4. The van der Waals surface area contributed by atoms with E-state index in [4.69, 9.17) is 14.2 Å². The largest absolute Gasteiger partial charge is 0.493 e. The molecular formula is C22H17NO4. The predicted molar refractivity (Wildman–Crippen MR) is 104 cm³/mol. The number of hydrogen-bond donors (Lipinski definition) is 0. The molecule has 0 atom stereocenters. The number of carbonyl (C=O) groups is 1. The number of esters is 1. The third kappa shape index (κ3) is 3.15. The van der Waals surface area contributed by atoms with Crippen molar-refractivity contribution in [2.24, 2.45) is 4.99 Å². The molecular weight excluding hydrogens is 342 g/mol. The summed E-state index contributed by atoms with van der Waals surface area (Å²) in [5.41, 5.74) is 1.65. The summed E-state index contributed by atoms with van der Waals surface area (Å²) in [5, 5.41) is 2.17. The average molecular weight is 359 g/mol. The summed E-state index contributed by atoms with van der Waals surface area (Å²) in [6, 6.07) is 19.3. The van der Waals surface area contributed by atoms with Crippen molar-refractivity contribution in [1.29, 1.82) is 0 Å². The monoisotopic (exact) mass is 359 g/mol. The normalized spacial score (nSPS) is 15.0. The minimum absolute atomic E-state index is 0.213. The van der Waals surface area contributed by atoms with Gasteiger partial charge in [-0.15, -0.1) is 0 Å². The molecule has 27 heavy (non-hydrogen) atoms. The van der Waals surface area contributed by atoms with Gasteiger partial charge >= 0.3 is 5.97 Å². The van der Waals surface area contributed by atoms with Gasteiger partial charge in [0.1, 0.15) is 0 Å². The Kier molecular flexibility index (Phi) is 4.34. The summed E-state index contributed by atoms with van der Waals surface area (Å²) in [5.74, 6) is 0.911. The fourth-order valence-corrected chi connectivity index (χ4v) is 3.03. The van der Waals surface area contributed by atoms with E-state index < -0.39 is 5.97 Å². The third-order valence-electron chi connectivity index (χ3n) is 4.34. The van der Waals surface area contributed by atoms with E-state index in [1.54, 1.807) is 26.4 Å². The molecule has 0 fully saturated rings. The molecule has 1 heterocycles. The zero-order chi connectivity index (χ0) is 18.8. The number of cyclic esters (lactones) is 1. The molecule has 0 N–H and O–H groups in total. The number of hydrogen-bond acceptors (Lipinski definition) is 5. The molecule has 0 unspecified atom stereocenters. The number of methoxy groups -OCH3 is 2. The first kappa shape index (κ1) is 16.8. The highest BCUT2D eigenvalue weighted by atomic mass is 16.6. The summed E-state index contributed by atoms with van der Waals surface area (Å²) in [6.45, 7) is 0. The zero-order valence-electron chi connectivity index (χ0n) is 14.9. The fourth-order valence-electron chi connectivity index (χ4n) is 3.03. The van der Waals surface area contributed by atoms with Crippen molar-refractivity contribution in [3.8, 4) is 11.5 Å². The molecule has 0 spiro atoms. The van der Waals surface area contributed by atoms with E-state index in [1.165, 1.54) is 0 Å². The van der Waals surface area contributed by atoms with Crippen molar-refractivity contribution in [3.63, 3.8) is 0 Å². The van der Waals surface area contributed by atoms with Gasteiger partial charge in [-0.3, -0.25) is 0 Å². The Hall–Kier alpha value is -3.60. The van der Waals surface area contributed by atoms with Crippen LogP contribution in [0.4, 0.5) is 0 Å². The van der Waals surface area contributed by atoms with E-state index in [0.717, 1.165) is 16.3 Å². The number of aliphatic imine (C=N–C) groups is 1. The summed E-state index contributed by atoms with van der Waals surface area (Å²) in [4.78, 5) is 16.7. The number of ether oxygens (including phenoxy) is 3. The minimum Gasteiger partial charge on any atom is -0.493 e. The number of benzene rings is 3.